The maximum atomic E-state index is 12.3. The molecule has 1 aliphatic heterocycles. The van der Waals surface area contributed by atoms with Gasteiger partial charge in [-0.25, -0.2) is 0 Å². The average molecular weight is 325 g/mol. The largest absolute Gasteiger partial charge is 0.361 e. The maximum Gasteiger partial charge on any atom is 0.225 e. The van der Waals surface area contributed by atoms with Gasteiger partial charge in [0, 0.05) is 48.7 Å². The van der Waals surface area contributed by atoms with E-state index in [9.17, 15) is 4.79 Å². The summed E-state index contributed by atoms with van der Waals surface area (Å²) in [7, 11) is 0. The van der Waals surface area contributed by atoms with Gasteiger partial charge in [-0.05, 0) is 42.9 Å². The molecular formula is C20H27N3O. The lowest BCUT2D eigenvalue weighted by molar-refractivity contribution is -0.134. The molecule has 2 aliphatic rings. The van der Waals surface area contributed by atoms with Crippen molar-refractivity contribution in [2.24, 2.45) is 11.8 Å². The van der Waals surface area contributed by atoms with Gasteiger partial charge < -0.3 is 15.2 Å². The van der Waals surface area contributed by atoms with Crippen LogP contribution in [0, 0.1) is 11.8 Å². The van der Waals surface area contributed by atoms with E-state index in [4.69, 9.17) is 0 Å². The quantitative estimate of drug-likeness (QED) is 0.886. The molecule has 1 aliphatic carbocycles. The number of hydrogen-bond acceptors (Lipinski definition) is 2. The number of aromatic nitrogens is 1. The normalized spacial score (nSPS) is 24.5. The summed E-state index contributed by atoms with van der Waals surface area (Å²) in [6.07, 6.45) is 6.41. The Morgan fingerprint density at radius 1 is 1.29 bits per heavy atom. The van der Waals surface area contributed by atoms with Crippen molar-refractivity contribution in [2.45, 2.75) is 45.2 Å². The van der Waals surface area contributed by atoms with Gasteiger partial charge in [-0.3, -0.25) is 4.79 Å². The minimum Gasteiger partial charge on any atom is -0.361 e. The third kappa shape index (κ3) is 3.07. The van der Waals surface area contributed by atoms with Gasteiger partial charge in [0.2, 0.25) is 5.91 Å². The van der Waals surface area contributed by atoms with E-state index >= 15 is 0 Å². The summed E-state index contributed by atoms with van der Waals surface area (Å²) in [5, 5.41) is 5.08. The summed E-state index contributed by atoms with van der Waals surface area (Å²) in [5.74, 6) is 1.31. The lowest BCUT2D eigenvalue weighted by Gasteiger charge is -2.39. The number of fused-ring (bicyclic) bond motifs is 1. The number of piperidine rings is 1. The molecule has 2 heterocycles. The summed E-state index contributed by atoms with van der Waals surface area (Å²) in [6, 6.07) is 9.10. The molecule has 2 atom stereocenters. The minimum atomic E-state index is 0.346. The number of hydrogen-bond donors (Lipinski definition) is 2. The van der Waals surface area contributed by atoms with Crippen LogP contribution in [0.5, 0.6) is 0 Å². The van der Waals surface area contributed by atoms with Crippen LogP contribution >= 0.6 is 0 Å². The molecule has 2 N–H and O–H groups in total. The van der Waals surface area contributed by atoms with Crippen molar-refractivity contribution in [3.05, 3.63) is 36.0 Å². The number of H-pyrrole nitrogens is 1. The van der Waals surface area contributed by atoms with E-state index in [0.717, 1.165) is 45.3 Å². The molecule has 1 saturated carbocycles. The molecule has 1 saturated heterocycles. The SMILES string of the molecule is CCC1CN(C(=O)C2CC2)CCC1NCc1cccc2[nH]ccc12. The molecule has 0 radical (unpaired) electrons. The van der Waals surface area contributed by atoms with Crippen LogP contribution in [0.1, 0.15) is 38.2 Å². The summed E-state index contributed by atoms with van der Waals surface area (Å²) >= 11 is 0. The van der Waals surface area contributed by atoms with Gasteiger partial charge in [0.05, 0.1) is 0 Å². The fraction of sp³-hybridized carbons (Fsp3) is 0.550. The summed E-state index contributed by atoms with van der Waals surface area (Å²) in [4.78, 5) is 17.7. The van der Waals surface area contributed by atoms with Crippen molar-refractivity contribution in [1.29, 1.82) is 0 Å². The van der Waals surface area contributed by atoms with Crippen LogP contribution in [0.25, 0.3) is 10.9 Å². The molecule has 2 unspecified atom stereocenters. The molecule has 24 heavy (non-hydrogen) atoms. The van der Waals surface area contributed by atoms with Crippen molar-refractivity contribution in [1.82, 2.24) is 15.2 Å². The molecule has 4 nitrogen and oxygen atoms in total. The lowest BCUT2D eigenvalue weighted by Crippen LogP contribution is -2.51. The third-order valence-corrected chi connectivity index (χ3v) is 5.74. The Kier molecular flexibility index (Phi) is 4.31. The number of aromatic amines is 1. The molecule has 1 aromatic carbocycles. The van der Waals surface area contributed by atoms with Gasteiger partial charge in [0.1, 0.15) is 0 Å². The van der Waals surface area contributed by atoms with Gasteiger partial charge in [0.25, 0.3) is 0 Å². The van der Waals surface area contributed by atoms with E-state index in [2.05, 4.69) is 46.4 Å². The van der Waals surface area contributed by atoms with Crippen LogP contribution in [-0.2, 0) is 11.3 Å². The van der Waals surface area contributed by atoms with Gasteiger partial charge >= 0.3 is 0 Å². The van der Waals surface area contributed by atoms with Gasteiger partial charge in [-0.2, -0.15) is 0 Å². The topological polar surface area (TPSA) is 48.1 Å². The third-order valence-electron chi connectivity index (χ3n) is 5.74. The Hall–Kier alpha value is -1.81. The summed E-state index contributed by atoms with van der Waals surface area (Å²) in [5.41, 5.74) is 2.55. The maximum absolute atomic E-state index is 12.3. The molecular weight excluding hydrogens is 298 g/mol. The van der Waals surface area contributed by atoms with Crippen LogP contribution in [-0.4, -0.2) is 34.9 Å². The fourth-order valence-corrected chi connectivity index (χ4v) is 4.05. The Labute approximate surface area is 143 Å². The van der Waals surface area contributed by atoms with Crippen LogP contribution in [0.15, 0.2) is 30.5 Å². The predicted molar refractivity (Wildman–Crippen MR) is 96.6 cm³/mol. The van der Waals surface area contributed by atoms with E-state index in [1.54, 1.807) is 0 Å². The zero-order chi connectivity index (χ0) is 16.5. The number of rotatable bonds is 5. The van der Waals surface area contributed by atoms with Crippen molar-refractivity contribution in [3.63, 3.8) is 0 Å². The van der Waals surface area contributed by atoms with Crippen molar-refractivity contribution in [3.8, 4) is 0 Å². The highest BCUT2D eigenvalue weighted by Crippen LogP contribution is 2.33. The highest BCUT2D eigenvalue weighted by Gasteiger charge is 2.37. The fourth-order valence-electron chi connectivity index (χ4n) is 4.05. The Morgan fingerprint density at radius 3 is 2.96 bits per heavy atom. The zero-order valence-electron chi connectivity index (χ0n) is 14.4. The van der Waals surface area contributed by atoms with Gasteiger partial charge in [0.15, 0.2) is 0 Å². The van der Waals surface area contributed by atoms with E-state index in [-0.39, 0.29) is 0 Å². The first-order chi connectivity index (χ1) is 11.8. The number of nitrogens with one attached hydrogen (secondary N) is 2. The van der Waals surface area contributed by atoms with Crippen LogP contribution in [0.3, 0.4) is 0 Å². The van der Waals surface area contributed by atoms with Crippen molar-refractivity contribution in [2.75, 3.05) is 13.1 Å². The molecule has 128 valence electrons. The average Bonchev–Trinajstić information content (AvgIpc) is 3.36. The molecule has 0 bridgehead atoms. The van der Waals surface area contributed by atoms with Crippen molar-refractivity contribution < 1.29 is 4.79 Å². The first-order valence-electron chi connectivity index (χ1n) is 9.33. The predicted octanol–water partition coefficient (Wildman–Crippen LogP) is 3.29. The smallest absolute Gasteiger partial charge is 0.225 e. The molecule has 0 spiro atoms. The first-order valence-corrected chi connectivity index (χ1v) is 9.33. The van der Waals surface area contributed by atoms with Crippen molar-refractivity contribution >= 4 is 16.8 Å². The number of benzene rings is 1. The molecule has 4 heteroatoms. The number of likely N-dealkylation sites (tertiary alicyclic amines) is 1. The van der Waals surface area contributed by atoms with Gasteiger partial charge in [-0.15, -0.1) is 0 Å². The van der Waals surface area contributed by atoms with Crippen LogP contribution in [0.4, 0.5) is 0 Å². The second-order valence-corrected chi connectivity index (χ2v) is 7.36. The molecule has 1 aromatic heterocycles. The summed E-state index contributed by atoms with van der Waals surface area (Å²) in [6.45, 7) is 4.99. The molecule has 4 rings (SSSR count). The minimum absolute atomic E-state index is 0.346. The van der Waals surface area contributed by atoms with Gasteiger partial charge in [-0.1, -0.05) is 25.5 Å². The van der Waals surface area contributed by atoms with Crippen LogP contribution in [0.2, 0.25) is 0 Å². The number of carbonyl (C=O) groups is 1. The Balaban J connectivity index is 1.39. The monoisotopic (exact) mass is 325 g/mol. The number of carbonyl (C=O) groups excluding carboxylic acids is 1. The second-order valence-electron chi connectivity index (χ2n) is 7.36. The highest BCUT2D eigenvalue weighted by molar-refractivity contribution is 5.83. The first kappa shape index (κ1) is 15.7. The Morgan fingerprint density at radius 2 is 2.17 bits per heavy atom. The number of nitrogens with zero attached hydrogens (tertiary/aromatic N) is 1. The molecule has 1 amide bonds. The second kappa shape index (κ2) is 6.60. The molecule has 2 aromatic rings. The van der Waals surface area contributed by atoms with E-state index in [0.29, 0.717) is 23.8 Å². The number of amides is 1. The van der Waals surface area contributed by atoms with E-state index < -0.39 is 0 Å². The van der Waals surface area contributed by atoms with E-state index in [1.165, 1.54) is 16.5 Å². The highest BCUT2D eigenvalue weighted by atomic mass is 16.2. The lowest BCUT2D eigenvalue weighted by atomic mass is 9.89. The van der Waals surface area contributed by atoms with Crippen LogP contribution < -0.4 is 5.32 Å². The zero-order valence-corrected chi connectivity index (χ0v) is 14.4. The van der Waals surface area contributed by atoms with E-state index in [1.807, 2.05) is 6.20 Å². The standard InChI is InChI=1S/C20H27N3O/c1-2-14-13-23(20(24)15-6-7-15)11-9-18(14)22-12-16-4-3-5-19-17(16)8-10-21-19/h3-5,8,10,14-15,18,21-22H,2,6-7,9,11-13H2,1H3. The Bertz CT molecular complexity index is 718. The molecule has 2 fully saturated rings. The summed E-state index contributed by atoms with van der Waals surface area (Å²) < 4.78 is 0.